The smallest absolute Gasteiger partial charge is 0.246 e. The van der Waals surface area contributed by atoms with Gasteiger partial charge in [0, 0.05) is 38.7 Å². The van der Waals surface area contributed by atoms with E-state index in [1.165, 1.54) is 0 Å². The molecule has 0 bridgehead atoms. The molecule has 0 aromatic carbocycles. The van der Waals surface area contributed by atoms with Crippen LogP contribution in [0.25, 0.3) is 6.08 Å². The highest BCUT2D eigenvalue weighted by molar-refractivity contribution is 5.91. The van der Waals surface area contributed by atoms with Gasteiger partial charge in [0.1, 0.15) is 11.5 Å². The first-order valence-corrected chi connectivity index (χ1v) is 8.21. The fourth-order valence-corrected chi connectivity index (χ4v) is 2.63. The topological polar surface area (TPSA) is 75.6 Å². The molecule has 1 aliphatic heterocycles. The Balaban J connectivity index is 1.47. The largest absolute Gasteiger partial charge is 0.462 e. The van der Waals surface area contributed by atoms with Crippen molar-refractivity contribution in [3.05, 3.63) is 41.4 Å². The molecule has 1 fully saturated rings. The molecule has 3 heterocycles. The zero-order chi connectivity index (χ0) is 16.9. The fraction of sp³-hybridized carbons (Fsp3) is 0.471. The molecule has 3 rings (SSSR count). The molecule has 7 nitrogen and oxygen atoms in total. The molecule has 2 aromatic rings. The predicted octanol–water partition coefficient (Wildman–Crippen LogP) is 1.89. The number of carbonyl (C=O) groups is 1. The summed E-state index contributed by atoms with van der Waals surface area (Å²) in [5.74, 6) is 2.92. The second kappa shape index (κ2) is 7.44. The zero-order valence-corrected chi connectivity index (χ0v) is 14.1. The van der Waals surface area contributed by atoms with E-state index < -0.39 is 0 Å². The Bertz CT molecular complexity index is 711. The summed E-state index contributed by atoms with van der Waals surface area (Å²) in [4.78, 5) is 20.6. The summed E-state index contributed by atoms with van der Waals surface area (Å²) < 4.78 is 10.5. The van der Waals surface area contributed by atoms with Gasteiger partial charge in [0.25, 0.3) is 0 Å². The van der Waals surface area contributed by atoms with Gasteiger partial charge in [0.2, 0.25) is 11.8 Å². The van der Waals surface area contributed by atoms with E-state index in [0.29, 0.717) is 37.1 Å². The van der Waals surface area contributed by atoms with E-state index in [-0.39, 0.29) is 5.91 Å². The molecule has 128 valence electrons. The van der Waals surface area contributed by atoms with E-state index in [1.54, 1.807) is 12.2 Å². The summed E-state index contributed by atoms with van der Waals surface area (Å²) in [7, 11) is 0. The summed E-state index contributed by atoms with van der Waals surface area (Å²) in [6.45, 7) is 7.51. The lowest BCUT2D eigenvalue weighted by atomic mass is 10.3. The van der Waals surface area contributed by atoms with Crippen LogP contribution in [0.3, 0.4) is 0 Å². The number of aryl methyl sites for hydroxylation is 2. The number of nitrogens with zero attached hydrogens (tertiary/aromatic N) is 4. The molecule has 0 atom stereocenters. The molecule has 0 N–H and O–H groups in total. The second-order valence-electron chi connectivity index (χ2n) is 5.84. The van der Waals surface area contributed by atoms with Crippen molar-refractivity contribution in [1.82, 2.24) is 19.9 Å². The zero-order valence-electron chi connectivity index (χ0n) is 14.1. The van der Waals surface area contributed by atoms with Gasteiger partial charge in [0.15, 0.2) is 5.82 Å². The first kappa shape index (κ1) is 16.4. The Kier molecular flexibility index (Phi) is 5.10. The van der Waals surface area contributed by atoms with Gasteiger partial charge >= 0.3 is 0 Å². The third-order valence-corrected chi connectivity index (χ3v) is 4.01. The number of aromatic nitrogens is 2. The molecule has 0 unspecified atom stereocenters. The van der Waals surface area contributed by atoms with Gasteiger partial charge < -0.3 is 13.8 Å². The first-order chi connectivity index (χ1) is 11.6. The van der Waals surface area contributed by atoms with Crippen LogP contribution in [-0.2, 0) is 17.8 Å². The minimum absolute atomic E-state index is 0.0107. The highest BCUT2D eigenvalue weighted by atomic mass is 16.5. The maximum absolute atomic E-state index is 12.2. The van der Waals surface area contributed by atoms with Crippen molar-refractivity contribution in [3.8, 4) is 0 Å². The van der Waals surface area contributed by atoms with Crippen LogP contribution in [0.15, 0.2) is 27.1 Å². The number of rotatable bonds is 5. The average molecular weight is 330 g/mol. The van der Waals surface area contributed by atoms with Crippen molar-refractivity contribution in [1.29, 1.82) is 0 Å². The lowest BCUT2D eigenvalue weighted by molar-refractivity contribution is -0.127. The molecule has 0 aliphatic carbocycles. The third-order valence-electron chi connectivity index (χ3n) is 4.01. The van der Waals surface area contributed by atoms with Crippen LogP contribution in [0.1, 0.15) is 30.2 Å². The summed E-state index contributed by atoms with van der Waals surface area (Å²) >= 11 is 0. The van der Waals surface area contributed by atoms with E-state index in [9.17, 15) is 4.79 Å². The van der Waals surface area contributed by atoms with Crippen molar-refractivity contribution in [2.75, 3.05) is 26.2 Å². The standard InChI is InChI=1S/C17H22N4O3/c1-3-16-18-15(19-24-16)12-20-8-10-21(11-9-20)17(22)7-6-14-5-4-13(2)23-14/h4-7H,3,8-12H2,1-2H3. The molecule has 0 radical (unpaired) electrons. The molecule has 1 aliphatic rings. The van der Waals surface area contributed by atoms with E-state index in [2.05, 4.69) is 15.0 Å². The lowest BCUT2D eigenvalue weighted by Crippen LogP contribution is -2.47. The Morgan fingerprint density at radius 3 is 2.71 bits per heavy atom. The monoisotopic (exact) mass is 330 g/mol. The number of hydrogen-bond donors (Lipinski definition) is 0. The Labute approximate surface area is 140 Å². The van der Waals surface area contributed by atoms with Crippen LogP contribution in [0.4, 0.5) is 0 Å². The first-order valence-electron chi connectivity index (χ1n) is 8.21. The van der Waals surface area contributed by atoms with Crippen molar-refractivity contribution in [3.63, 3.8) is 0 Å². The van der Waals surface area contributed by atoms with E-state index in [1.807, 2.05) is 30.9 Å². The van der Waals surface area contributed by atoms with Gasteiger partial charge in [-0.3, -0.25) is 9.69 Å². The molecular formula is C17H22N4O3. The Hall–Kier alpha value is -2.41. The maximum Gasteiger partial charge on any atom is 0.246 e. The van der Waals surface area contributed by atoms with Crippen LogP contribution in [0.5, 0.6) is 0 Å². The molecule has 2 aromatic heterocycles. The summed E-state index contributed by atoms with van der Waals surface area (Å²) in [5, 5.41) is 3.97. The molecule has 7 heteroatoms. The van der Waals surface area contributed by atoms with Gasteiger partial charge in [-0.1, -0.05) is 12.1 Å². The molecule has 0 spiro atoms. The van der Waals surface area contributed by atoms with Crippen molar-refractivity contribution in [2.45, 2.75) is 26.8 Å². The number of hydrogen-bond acceptors (Lipinski definition) is 6. The molecular weight excluding hydrogens is 308 g/mol. The van der Waals surface area contributed by atoms with Gasteiger partial charge in [0.05, 0.1) is 6.54 Å². The summed E-state index contributed by atoms with van der Waals surface area (Å²) in [6.07, 6.45) is 4.03. The maximum atomic E-state index is 12.2. The third kappa shape index (κ3) is 4.11. The molecule has 1 saturated heterocycles. The van der Waals surface area contributed by atoms with Gasteiger partial charge in [-0.05, 0) is 25.1 Å². The molecule has 1 amide bonds. The van der Waals surface area contributed by atoms with E-state index >= 15 is 0 Å². The quantitative estimate of drug-likeness (QED) is 0.779. The van der Waals surface area contributed by atoms with Crippen LogP contribution in [-0.4, -0.2) is 52.0 Å². The van der Waals surface area contributed by atoms with Crippen LogP contribution in [0.2, 0.25) is 0 Å². The number of furan rings is 1. The minimum Gasteiger partial charge on any atom is -0.462 e. The van der Waals surface area contributed by atoms with Crippen molar-refractivity contribution >= 4 is 12.0 Å². The predicted molar refractivity (Wildman–Crippen MR) is 88.0 cm³/mol. The van der Waals surface area contributed by atoms with E-state index in [4.69, 9.17) is 8.94 Å². The van der Waals surface area contributed by atoms with Gasteiger partial charge in [-0.25, -0.2) is 0 Å². The highest BCUT2D eigenvalue weighted by Crippen LogP contribution is 2.10. The van der Waals surface area contributed by atoms with Crippen LogP contribution < -0.4 is 0 Å². The lowest BCUT2D eigenvalue weighted by Gasteiger charge is -2.33. The molecule has 0 saturated carbocycles. The Morgan fingerprint density at radius 2 is 2.08 bits per heavy atom. The van der Waals surface area contributed by atoms with Crippen LogP contribution >= 0.6 is 0 Å². The van der Waals surface area contributed by atoms with Gasteiger partial charge in [-0.15, -0.1) is 0 Å². The second-order valence-corrected chi connectivity index (χ2v) is 5.84. The number of piperazine rings is 1. The van der Waals surface area contributed by atoms with Crippen LogP contribution in [0, 0.1) is 6.92 Å². The SMILES string of the molecule is CCc1nc(CN2CCN(C(=O)C=Cc3ccc(C)o3)CC2)no1. The average Bonchev–Trinajstić information content (AvgIpc) is 3.22. The van der Waals surface area contributed by atoms with Gasteiger partial charge in [-0.2, -0.15) is 4.98 Å². The van der Waals surface area contributed by atoms with Crippen molar-refractivity contribution < 1.29 is 13.7 Å². The summed E-state index contributed by atoms with van der Waals surface area (Å²) in [6, 6.07) is 3.73. The Morgan fingerprint density at radius 1 is 1.29 bits per heavy atom. The fourth-order valence-electron chi connectivity index (χ4n) is 2.63. The summed E-state index contributed by atoms with van der Waals surface area (Å²) in [5.41, 5.74) is 0. The van der Waals surface area contributed by atoms with Crippen molar-refractivity contribution in [2.24, 2.45) is 0 Å². The number of carbonyl (C=O) groups excluding carboxylic acids is 1. The highest BCUT2D eigenvalue weighted by Gasteiger charge is 2.21. The number of amides is 1. The van der Waals surface area contributed by atoms with E-state index in [0.717, 1.165) is 25.3 Å². The molecule has 24 heavy (non-hydrogen) atoms. The normalized spacial score (nSPS) is 16.2. The minimum atomic E-state index is 0.0107.